The van der Waals surface area contributed by atoms with E-state index in [1.54, 1.807) is 55.7 Å². The summed E-state index contributed by atoms with van der Waals surface area (Å²) in [7, 11) is 0. The third-order valence-electron chi connectivity index (χ3n) is 2.47. The zero-order valence-corrected chi connectivity index (χ0v) is 11.6. The average Bonchev–Trinajstić information content (AvgIpc) is 2.42. The molecule has 4 nitrogen and oxygen atoms in total. The minimum atomic E-state index is -0.921. The number of carboxylic acid groups (broad SMARTS) is 1. The highest BCUT2D eigenvalue weighted by Gasteiger charge is 2.00. The molecule has 0 unspecified atom stereocenters. The van der Waals surface area contributed by atoms with Crippen LogP contribution in [0.3, 0.4) is 0 Å². The van der Waals surface area contributed by atoms with Gasteiger partial charge in [-0.15, -0.1) is 12.4 Å². The molecule has 0 radical (unpaired) electrons. The predicted octanol–water partition coefficient (Wildman–Crippen LogP) is 3.78. The maximum atomic E-state index is 10.7. The van der Waals surface area contributed by atoms with Crippen LogP contribution in [0.15, 0.2) is 54.4 Å². The van der Waals surface area contributed by atoms with Crippen LogP contribution in [-0.4, -0.2) is 16.1 Å². The number of ether oxygens (including phenoxy) is 1. The molecule has 0 aliphatic carbocycles. The largest absolute Gasteiger partial charge is 0.478 e. The van der Waals surface area contributed by atoms with E-state index in [2.05, 4.69) is 4.98 Å². The summed E-state index contributed by atoms with van der Waals surface area (Å²) in [5.41, 5.74) is 1.11. The number of aliphatic carboxylic acids is 1. The summed E-state index contributed by atoms with van der Waals surface area (Å²) in [4.78, 5) is 14.7. The summed E-state index contributed by atoms with van der Waals surface area (Å²) in [5, 5.41) is 8.79. The minimum absolute atomic E-state index is 0. The van der Waals surface area contributed by atoms with E-state index in [1.165, 1.54) is 0 Å². The molecule has 2 aromatic rings. The van der Waals surface area contributed by atoms with Gasteiger partial charge in [0.15, 0.2) is 0 Å². The fourth-order valence-corrected chi connectivity index (χ4v) is 1.49. The zero-order valence-electron chi connectivity index (χ0n) is 10.8. The highest BCUT2D eigenvalue weighted by Crippen LogP contribution is 2.21. The second-order valence-electron chi connectivity index (χ2n) is 3.99. The Morgan fingerprint density at radius 3 is 2.45 bits per heavy atom. The molecule has 0 amide bonds. The second kappa shape index (κ2) is 7.31. The summed E-state index contributed by atoms with van der Waals surface area (Å²) in [5.74, 6) is 0.418. The van der Waals surface area contributed by atoms with Gasteiger partial charge in [-0.2, -0.15) is 0 Å². The van der Waals surface area contributed by atoms with Crippen molar-refractivity contribution in [3.05, 3.63) is 59.9 Å². The molecule has 0 aliphatic rings. The first-order valence-electron chi connectivity index (χ1n) is 5.75. The van der Waals surface area contributed by atoms with E-state index in [4.69, 9.17) is 9.84 Å². The lowest BCUT2D eigenvalue weighted by Crippen LogP contribution is -1.95. The molecule has 0 saturated heterocycles. The number of rotatable bonds is 4. The SMILES string of the molecule is C/C(=C\c1ccc(Oc2cccnc2)cc1)C(=O)O.Cl. The van der Waals surface area contributed by atoms with Gasteiger partial charge in [-0.3, -0.25) is 4.98 Å². The Hall–Kier alpha value is -2.33. The number of carbonyl (C=O) groups is 1. The number of halogens is 1. The maximum absolute atomic E-state index is 10.7. The van der Waals surface area contributed by atoms with Gasteiger partial charge >= 0.3 is 5.97 Å². The summed E-state index contributed by atoms with van der Waals surface area (Å²) >= 11 is 0. The van der Waals surface area contributed by atoms with Crippen molar-refractivity contribution in [2.45, 2.75) is 6.92 Å². The Morgan fingerprint density at radius 2 is 1.90 bits per heavy atom. The lowest BCUT2D eigenvalue weighted by molar-refractivity contribution is -0.132. The van der Waals surface area contributed by atoms with Gasteiger partial charge in [0, 0.05) is 11.8 Å². The van der Waals surface area contributed by atoms with E-state index in [1.807, 2.05) is 6.07 Å². The quantitative estimate of drug-likeness (QED) is 0.871. The van der Waals surface area contributed by atoms with Crippen LogP contribution in [0.1, 0.15) is 12.5 Å². The molecule has 20 heavy (non-hydrogen) atoms. The lowest BCUT2D eigenvalue weighted by atomic mass is 10.1. The second-order valence-corrected chi connectivity index (χ2v) is 3.99. The molecule has 0 atom stereocenters. The predicted molar refractivity (Wildman–Crippen MR) is 79.3 cm³/mol. The zero-order chi connectivity index (χ0) is 13.7. The van der Waals surface area contributed by atoms with Gasteiger partial charge in [-0.05, 0) is 42.8 Å². The Labute approximate surface area is 123 Å². The smallest absolute Gasteiger partial charge is 0.331 e. The third-order valence-corrected chi connectivity index (χ3v) is 2.47. The van der Waals surface area contributed by atoms with Crippen molar-refractivity contribution in [1.29, 1.82) is 0 Å². The number of hydrogen-bond donors (Lipinski definition) is 1. The molecule has 1 N–H and O–H groups in total. The van der Waals surface area contributed by atoms with Crippen LogP contribution in [0.4, 0.5) is 0 Å². The maximum Gasteiger partial charge on any atom is 0.331 e. The standard InChI is InChI=1S/C15H13NO3.ClH/c1-11(15(17)18)9-12-4-6-13(7-5-12)19-14-3-2-8-16-10-14;/h2-10H,1H3,(H,17,18);1H/b11-9+;. The highest BCUT2D eigenvalue weighted by atomic mass is 35.5. The number of carboxylic acids is 1. The van der Waals surface area contributed by atoms with Crippen LogP contribution in [0.25, 0.3) is 6.08 Å². The Bertz CT molecular complexity index is 594. The molecule has 1 aromatic heterocycles. The summed E-state index contributed by atoms with van der Waals surface area (Å²) in [6, 6.07) is 10.8. The Kier molecular flexibility index (Phi) is 5.74. The molecular formula is C15H14ClNO3. The normalized spacial score (nSPS) is 10.6. The van der Waals surface area contributed by atoms with Gasteiger partial charge in [-0.1, -0.05) is 12.1 Å². The number of pyridine rings is 1. The van der Waals surface area contributed by atoms with Crippen molar-refractivity contribution in [3.63, 3.8) is 0 Å². The van der Waals surface area contributed by atoms with Gasteiger partial charge in [-0.25, -0.2) is 4.79 Å². The lowest BCUT2D eigenvalue weighted by Gasteiger charge is -2.05. The molecule has 0 aliphatic heterocycles. The van der Waals surface area contributed by atoms with Crippen LogP contribution >= 0.6 is 12.4 Å². The van der Waals surface area contributed by atoms with Crippen molar-refractivity contribution in [2.75, 3.05) is 0 Å². The molecule has 0 bridgehead atoms. The monoisotopic (exact) mass is 291 g/mol. The number of benzene rings is 1. The van der Waals surface area contributed by atoms with E-state index in [0.717, 1.165) is 5.56 Å². The highest BCUT2D eigenvalue weighted by molar-refractivity contribution is 5.91. The van der Waals surface area contributed by atoms with E-state index >= 15 is 0 Å². The van der Waals surface area contributed by atoms with Crippen molar-refractivity contribution >= 4 is 24.5 Å². The van der Waals surface area contributed by atoms with Crippen molar-refractivity contribution in [1.82, 2.24) is 4.98 Å². The van der Waals surface area contributed by atoms with E-state index in [9.17, 15) is 4.79 Å². The number of aromatic nitrogens is 1. The molecule has 1 heterocycles. The Balaban J connectivity index is 0.00000200. The van der Waals surface area contributed by atoms with Crippen LogP contribution in [0, 0.1) is 0 Å². The van der Waals surface area contributed by atoms with E-state index in [-0.39, 0.29) is 12.4 Å². The van der Waals surface area contributed by atoms with Gasteiger partial charge in [0.25, 0.3) is 0 Å². The molecule has 1 aromatic carbocycles. The molecule has 0 saturated carbocycles. The third kappa shape index (κ3) is 4.40. The first-order chi connectivity index (χ1) is 9.15. The number of nitrogens with zero attached hydrogens (tertiary/aromatic N) is 1. The van der Waals surface area contributed by atoms with Gasteiger partial charge in [0.05, 0.1) is 6.20 Å². The van der Waals surface area contributed by atoms with Crippen molar-refractivity contribution in [2.24, 2.45) is 0 Å². The molecule has 5 heteroatoms. The van der Waals surface area contributed by atoms with Crippen LogP contribution in [-0.2, 0) is 4.79 Å². The van der Waals surface area contributed by atoms with Crippen LogP contribution in [0.2, 0.25) is 0 Å². The van der Waals surface area contributed by atoms with Crippen molar-refractivity contribution < 1.29 is 14.6 Å². The number of hydrogen-bond acceptors (Lipinski definition) is 3. The fraction of sp³-hybridized carbons (Fsp3) is 0.0667. The molecule has 104 valence electrons. The molecule has 0 spiro atoms. The summed E-state index contributed by atoms with van der Waals surface area (Å²) < 4.78 is 5.59. The summed E-state index contributed by atoms with van der Waals surface area (Å²) in [6.45, 7) is 1.56. The van der Waals surface area contributed by atoms with E-state index in [0.29, 0.717) is 17.1 Å². The van der Waals surface area contributed by atoms with Gasteiger partial charge < -0.3 is 9.84 Å². The first kappa shape index (κ1) is 15.7. The molecule has 2 rings (SSSR count). The Morgan fingerprint density at radius 1 is 1.20 bits per heavy atom. The van der Waals surface area contributed by atoms with Crippen molar-refractivity contribution in [3.8, 4) is 11.5 Å². The van der Waals surface area contributed by atoms with E-state index < -0.39 is 5.97 Å². The summed E-state index contributed by atoms with van der Waals surface area (Å²) in [6.07, 6.45) is 4.91. The molecular weight excluding hydrogens is 278 g/mol. The molecule has 0 fully saturated rings. The topological polar surface area (TPSA) is 59.4 Å². The fourth-order valence-electron chi connectivity index (χ4n) is 1.49. The average molecular weight is 292 g/mol. The van der Waals surface area contributed by atoms with Crippen LogP contribution in [0.5, 0.6) is 11.5 Å². The van der Waals surface area contributed by atoms with Gasteiger partial charge in [0.1, 0.15) is 11.5 Å². The van der Waals surface area contributed by atoms with Gasteiger partial charge in [0.2, 0.25) is 0 Å². The van der Waals surface area contributed by atoms with Crippen LogP contribution < -0.4 is 4.74 Å². The minimum Gasteiger partial charge on any atom is -0.478 e. The first-order valence-corrected chi connectivity index (χ1v) is 5.75.